The SMILES string of the molecule is CCOC(=O)C1=C(C)N=c2s/c(=C\c3ccc(-c4cc(Cl)ccc4C)o3)c(=O)n2C1c1ccc(Cl)cc1. The molecule has 1 aliphatic heterocycles. The lowest BCUT2D eigenvalue weighted by Gasteiger charge is -2.24. The molecular formula is C28H22Cl2N2O4S. The number of hydrogen-bond acceptors (Lipinski definition) is 6. The topological polar surface area (TPSA) is 73.8 Å². The molecule has 0 fully saturated rings. The van der Waals surface area contributed by atoms with Gasteiger partial charge in [0.25, 0.3) is 5.56 Å². The molecule has 0 radical (unpaired) electrons. The van der Waals surface area contributed by atoms with Gasteiger partial charge in [0.2, 0.25) is 0 Å². The predicted octanol–water partition coefficient (Wildman–Crippen LogP) is 5.67. The van der Waals surface area contributed by atoms with E-state index in [2.05, 4.69) is 4.99 Å². The van der Waals surface area contributed by atoms with Crippen LogP contribution in [-0.4, -0.2) is 17.1 Å². The average molecular weight is 553 g/mol. The van der Waals surface area contributed by atoms with Gasteiger partial charge in [-0.25, -0.2) is 9.79 Å². The third kappa shape index (κ3) is 4.82. The molecule has 9 heteroatoms. The van der Waals surface area contributed by atoms with E-state index >= 15 is 0 Å². The molecule has 0 N–H and O–H groups in total. The van der Waals surface area contributed by atoms with E-state index in [0.29, 0.717) is 42.2 Å². The van der Waals surface area contributed by atoms with Gasteiger partial charge in [0.15, 0.2) is 4.80 Å². The number of carbonyl (C=O) groups is 1. The molecule has 37 heavy (non-hydrogen) atoms. The fourth-order valence-corrected chi connectivity index (χ4v) is 5.64. The van der Waals surface area contributed by atoms with E-state index in [4.69, 9.17) is 32.4 Å². The number of ether oxygens (including phenoxy) is 1. The summed E-state index contributed by atoms with van der Waals surface area (Å²) in [6.45, 7) is 5.67. The Morgan fingerprint density at radius 3 is 2.57 bits per heavy atom. The highest BCUT2D eigenvalue weighted by Crippen LogP contribution is 2.32. The number of aryl methyl sites for hydroxylation is 1. The molecule has 1 atom stereocenters. The Bertz CT molecular complexity index is 1730. The number of allylic oxidation sites excluding steroid dienone is 1. The second kappa shape index (κ2) is 10.2. The highest BCUT2D eigenvalue weighted by atomic mass is 35.5. The molecule has 4 aromatic rings. The van der Waals surface area contributed by atoms with Gasteiger partial charge in [-0.1, -0.05) is 52.7 Å². The lowest BCUT2D eigenvalue weighted by atomic mass is 9.96. The van der Waals surface area contributed by atoms with Crippen molar-refractivity contribution < 1.29 is 13.9 Å². The molecule has 0 bridgehead atoms. The lowest BCUT2D eigenvalue weighted by Crippen LogP contribution is -2.39. The number of carbonyl (C=O) groups excluding carboxylic acids is 1. The molecule has 5 rings (SSSR count). The minimum atomic E-state index is -0.698. The number of rotatable bonds is 5. The molecule has 3 heterocycles. The van der Waals surface area contributed by atoms with Gasteiger partial charge in [-0.3, -0.25) is 9.36 Å². The first-order valence-electron chi connectivity index (χ1n) is 11.6. The molecule has 1 unspecified atom stereocenters. The molecule has 188 valence electrons. The molecular weight excluding hydrogens is 531 g/mol. The van der Waals surface area contributed by atoms with Crippen LogP contribution in [0.5, 0.6) is 0 Å². The van der Waals surface area contributed by atoms with Crippen LogP contribution in [0, 0.1) is 6.92 Å². The van der Waals surface area contributed by atoms with Gasteiger partial charge >= 0.3 is 5.97 Å². The summed E-state index contributed by atoms with van der Waals surface area (Å²) in [5.74, 6) is 0.660. The van der Waals surface area contributed by atoms with Crippen LogP contribution in [0.25, 0.3) is 17.4 Å². The Kier molecular flexibility index (Phi) is 6.94. The first-order chi connectivity index (χ1) is 17.8. The zero-order valence-electron chi connectivity index (χ0n) is 20.2. The zero-order chi connectivity index (χ0) is 26.3. The zero-order valence-corrected chi connectivity index (χ0v) is 22.6. The maximum Gasteiger partial charge on any atom is 0.338 e. The molecule has 0 spiro atoms. The van der Waals surface area contributed by atoms with Crippen LogP contribution in [0.1, 0.15) is 36.8 Å². The van der Waals surface area contributed by atoms with Crippen LogP contribution in [0.2, 0.25) is 10.0 Å². The molecule has 0 aliphatic carbocycles. The van der Waals surface area contributed by atoms with Gasteiger partial charge < -0.3 is 9.15 Å². The number of benzene rings is 2. The normalized spacial score (nSPS) is 15.5. The Morgan fingerprint density at radius 1 is 1.11 bits per heavy atom. The molecule has 0 saturated carbocycles. The highest BCUT2D eigenvalue weighted by Gasteiger charge is 2.33. The van der Waals surface area contributed by atoms with E-state index in [1.807, 2.05) is 31.2 Å². The lowest BCUT2D eigenvalue weighted by molar-refractivity contribution is -0.139. The summed E-state index contributed by atoms with van der Waals surface area (Å²) >= 11 is 13.5. The van der Waals surface area contributed by atoms with Crippen molar-refractivity contribution >= 4 is 46.6 Å². The third-order valence-corrected chi connectivity index (χ3v) is 7.54. The molecule has 6 nitrogen and oxygen atoms in total. The van der Waals surface area contributed by atoms with Crippen molar-refractivity contribution in [2.75, 3.05) is 6.61 Å². The van der Waals surface area contributed by atoms with Crippen LogP contribution in [0.4, 0.5) is 0 Å². The van der Waals surface area contributed by atoms with Gasteiger partial charge in [-0.2, -0.15) is 0 Å². The number of aromatic nitrogens is 1. The standard InChI is InChI=1S/C28H22Cl2N2O4S/c1-4-35-27(34)24-16(3)31-28-32(25(24)17-6-9-18(29)10-7-17)26(33)23(37-28)14-20-11-12-22(36-20)21-13-19(30)8-5-15(21)2/h5-14,25H,4H2,1-3H3/b23-14-. The van der Waals surface area contributed by atoms with Crippen LogP contribution in [0.15, 0.2) is 80.1 Å². The molecule has 0 saturated heterocycles. The molecule has 1 aliphatic rings. The van der Waals surface area contributed by atoms with Gasteiger partial charge in [-0.05, 0) is 68.3 Å². The van der Waals surface area contributed by atoms with Crippen molar-refractivity contribution in [3.63, 3.8) is 0 Å². The average Bonchev–Trinajstić information content (AvgIpc) is 3.45. The van der Waals surface area contributed by atoms with Crippen molar-refractivity contribution in [1.29, 1.82) is 0 Å². The van der Waals surface area contributed by atoms with E-state index in [0.717, 1.165) is 16.7 Å². The highest BCUT2D eigenvalue weighted by molar-refractivity contribution is 7.07. The number of halogens is 2. The third-order valence-electron chi connectivity index (χ3n) is 6.07. The number of thiazole rings is 1. The van der Waals surface area contributed by atoms with Crippen molar-refractivity contribution in [3.05, 3.63) is 112 Å². The summed E-state index contributed by atoms with van der Waals surface area (Å²) in [6.07, 6.45) is 1.69. The van der Waals surface area contributed by atoms with E-state index < -0.39 is 12.0 Å². The fraction of sp³-hybridized carbons (Fsp3) is 0.179. The van der Waals surface area contributed by atoms with Gasteiger partial charge in [0.1, 0.15) is 11.5 Å². The Morgan fingerprint density at radius 2 is 1.84 bits per heavy atom. The van der Waals surface area contributed by atoms with Crippen molar-refractivity contribution in [1.82, 2.24) is 4.57 Å². The quantitative estimate of drug-likeness (QED) is 0.299. The van der Waals surface area contributed by atoms with E-state index in [1.54, 1.807) is 50.3 Å². The molecule has 2 aromatic heterocycles. The van der Waals surface area contributed by atoms with Crippen molar-refractivity contribution in [2.24, 2.45) is 4.99 Å². The number of hydrogen-bond donors (Lipinski definition) is 0. The largest absolute Gasteiger partial charge is 0.463 e. The summed E-state index contributed by atoms with van der Waals surface area (Å²) < 4.78 is 13.3. The van der Waals surface area contributed by atoms with E-state index in [9.17, 15) is 9.59 Å². The number of fused-ring (bicyclic) bond motifs is 1. The summed E-state index contributed by atoms with van der Waals surface area (Å²) in [5, 5.41) is 1.17. The molecule has 0 amide bonds. The number of furan rings is 1. The van der Waals surface area contributed by atoms with Crippen LogP contribution < -0.4 is 14.9 Å². The first-order valence-corrected chi connectivity index (χ1v) is 13.2. The first kappa shape index (κ1) is 25.3. The van der Waals surface area contributed by atoms with Crippen molar-refractivity contribution in [3.8, 4) is 11.3 Å². The smallest absolute Gasteiger partial charge is 0.338 e. The van der Waals surface area contributed by atoms with Gasteiger partial charge in [-0.15, -0.1) is 0 Å². The van der Waals surface area contributed by atoms with Crippen LogP contribution >= 0.6 is 34.5 Å². The maximum atomic E-state index is 13.7. The maximum absolute atomic E-state index is 13.7. The summed E-state index contributed by atoms with van der Waals surface area (Å²) in [5.41, 5.74) is 3.17. The minimum Gasteiger partial charge on any atom is -0.463 e. The Balaban J connectivity index is 1.64. The summed E-state index contributed by atoms with van der Waals surface area (Å²) in [4.78, 5) is 31.7. The van der Waals surface area contributed by atoms with Crippen molar-refractivity contribution in [2.45, 2.75) is 26.8 Å². The minimum absolute atomic E-state index is 0.209. The second-order valence-corrected chi connectivity index (χ2v) is 10.4. The number of nitrogens with zero attached hydrogens (tertiary/aromatic N) is 2. The Labute approximate surface area is 226 Å². The summed E-state index contributed by atoms with van der Waals surface area (Å²) in [7, 11) is 0. The van der Waals surface area contributed by atoms with E-state index in [-0.39, 0.29) is 12.2 Å². The van der Waals surface area contributed by atoms with Crippen LogP contribution in [-0.2, 0) is 9.53 Å². The van der Waals surface area contributed by atoms with Gasteiger partial charge in [0.05, 0.1) is 28.5 Å². The second-order valence-electron chi connectivity index (χ2n) is 8.52. The fourth-order valence-electron chi connectivity index (χ4n) is 4.32. The Hall–Kier alpha value is -3.39. The summed E-state index contributed by atoms with van der Waals surface area (Å²) in [6, 6.07) is 15.6. The van der Waals surface area contributed by atoms with E-state index in [1.165, 1.54) is 15.9 Å². The monoisotopic (exact) mass is 552 g/mol. The number of esters is 1. The molecule has 2 aromatic carbocycles. The predicted molar refractivity (Wildman–Crippen MR) is 146 cm³/mol. The van der Waals surface area contributed by atoms with Crippen LogP contribution in [0.3, 0.4) is 0 Å². The van der Waals surface area contributed by atoms with Gasteiger partial charge in [0, 0.05) is 21.7 Å².